The highest BCUT2D eigenvalue weighted by Crippen LogP contribution is 2.37. The third-order valence-electron chi connectivity index (χ3n) is 6.94. The summed E-state index contributed by atoms with van der Waals surface area (Å²) in [5, 5.41) is 2.92. The van der Waals surface area contributed by atoms with Crippen molar-refractivity contribution in [3.8, 4) is 11.3 Å². The van der Waals surface area contributed by atoms with Gasteiger partial charge in [-0.1, -0.05) is 12.1 Å². The summed E-state index contributed by atoms with van der Waals surface area (Å²) < 4.78 is 52.7. The molecule has 3 aromatic rings. The van der Waals surface area contributed by atoms with E-state index in [9.17, 15) is 32.3 Å². The molecule has 0 aliphatic carbocycles. The molecule has 1 aliphatic rings. The molecule has 15 heteroatoms. The van der Waals surface area contributed by atoms with E-state index in [1.165, 1.54) is 36.1 Å². The molecule has 0 unspecified atom stereocenters. The van der Waals surface area contributed by atoms with Gasteiger partial charge in [-0.05, 0) is 77.3 Å². The number of esters is 1. The van der Waals surface area contributed by atoms with Crippen LogP contribution in [0.3, 0.4) is 0 Å². The maximum absolute atomic E-state index is 13.7. The standard InChI is InChI=1S/C31H35F3N6O6/c1-7-45-27(42)24-23(19-10-12-20(13-11-19)26(41)36-22-17-18(2)14-15-35-22)37-25(40(24)38(6)28(43)31(32,33)34)21-9-8-16-39(21)29(44)46-30(3,4)5/h10-15,17,21H,7-9,16H2,1-6H3,(H,35,36,41)/t21-/m0/s1. The quantitative estimate of drug-likeness (QED) is 0.337. The minimum atomic E-state index is -5.30. The molecule has 3 heterocycles. The fraction of sp³-hybridized carbons (Fsp3) is 0.419. The van der Waals surface area contributed by atoms with Gasteiger partial charge in [0.25, 0.3) is 5.91 Å². The number of nitrogens with zero attached hydrogens (tertiary/aromatic N) is 5. The van der Waals surface area contributed by atoms with E-state index in [0.29, 0.717) is 12.2 Å². The smallest absolute Gasteiger partial charge is 0.461 e. The Balaban J connectivity index is 1.84. The number of alkyl halides is 3. The Kier molecular flexibility index (Phi) is 9.73. The van der Waals surface area contributed by atoms with Crippen molar-refractivity contribution < 1.29 is 41.8 Å². The fourth-order valence-corrected chi connectivity index (χ4v) is 4.95. The topological polar surface area (TPSA) is 136 Å². The van der Waals surface area contributed by atoms with E-state index in [4.69, 9.17) is 9.47 Å². The van der Waals surface area contributed by atoms with Crippen molar-refractivity contribution in [3.63, 3.8) is 0 Å². The second-order valence-electron chi connectivity index (χ2n) is 11.6. The van der Waals surface area contributed by atoms with E-state index in [2.05, 4.69) is 15.3 Å². The maximum Gasteiger partial charge on any atom is 0.473 e. The van der Waals surface area contributed by atoms with Crippen molar-refractivity contribution in [3.05, 3.63) is 65.2 Å². The van der Waals surface area contributed by atoms with Crippen molar-refractivity contribution in [1.82, 2.24) is 19.5 Å². The van der Waals surface area contributed by atoms with E-state index in [0.717, 1.165) is 17.3 Å². The molecule has 12 nitrogen and oxygen atoms in total. The number of likely N-dealkylation sites (tertiary alicyclic amines) is 1. The zero-order valence-corrected chi connectivity index (χ0v) is 26.3. The van der Waals surface area contributed by atoms with Crippen molar-refractivity contribution in [2.45, 2.75) is 65.3 Å². The zero-order chi connectivity index (χ0) is 34.0. The Labute approximate surface area is 263 Å². The molecule has 3 amide bonds. The van der Waals surface area contributed by atoms with Gasteiger partial charge in [0.15, 0.2) is 11.5 Å². The predicted molar refractivity (Wildman–Crippen MR) is 161 cm³/mol. The Morgan fingerprint density at radius 1 is 1.09 bits per heavy atom. The van der Waals surface area contributed by atoms with Crippen LogP contribution in [0.5, 0.6) is 0 Å². The van der Waals surface area contributed by atoms with E-state index >= 15 is 0 Å². The lowest BCUT2D eigenvalue weighted by molar-refractivity contribution is -0.171. The normalized spacial score (nSPS) is 15.0. The SMILES string of the molecule is CCOC(=O)c1c(-c2ccc(C(=O)Nc3cc(C)ccn3)cc2)nc([C@@H]2CCCN2C(=O)OC(C)(C)C)n1N(C)C(=O)C(F)(F)F. The van der Waals surface area contributed by atoms with Crippen LogP contribution < -0.4 is 10.3 Å². The van der Waals surface area contributed by atoms with Crippen LogP contribution in [-0.2, 0) is 14.3 Å². The summed E-state index contributed by atoms with van der Waals surface area (Å²) >= 11 is 0. The Morgan fingerprint density at radius 3 is 2.35 bits per heavy atom. The van der Waals surface area contributed by atoms with Gasteiger partial charge < -0.3 is 14.8 Å². The van der Waals surface area contributed by atoms with Crippen molar-refractivity contribution in [2.24, 2.45) is 0 Å². The highest BCUT2D eigenvalue weighted by atomic mass is 19.4. The van der Waals surface area contributed by atoms with Gasteiger partial charge in [-0.25, -0.2) is 29.2 Å². The number of pyridine rings is 1. The molecule has 0 radical (unpaired) electrons. The lowest BCUT2D eigenvalue weighted by Gasteiger charge is -2.30. The zero-order valence-electron chi connectivity index (χ0n) is 26.3. The first kappa shape index (κ1) is 33.9. The van der Waals surface area contributed by atoms with Gasteiger partial charge in [0.05, 0.1) is 12.6 Å². The summed E-state index contributed by atoms with van der Waals surface area (Å²) in [6, 6.07) is 8.33. The number of hydrogen-bond donors (Lipinski definition) is 1. The number of benzene rings is 1. The minimum Gasteiger partial charge on any atom is -0.461 e. The first-order chi connectivity index (χ1) is 21.5. The van der Waals surface area contributed by atoms with Gasteiger partial charge in [0.2, 0.25) is 0 Å². The predicted octanol–water partition coefficient (Wildman–Crippen LogP) is 5.41. The number of rotatable bonds is 7. The van der Waals surface area contributed by atoms with Crippen LogP contribution in [0.15, 0.2) is 42.6 Å². The molecule has 1 N–H and O–H groups in total. The number of hydrogen-bond acceptors (Lipinski definition) is 8. The molecule has 1 fully saturated rings. The summed E-state index contributed by atoms with van der Waals surface area (Å²) in [6.45, 7) is 8.45. The van der Waals surface area contributed by atoms with Gasteiger partial charge >= 0.3 is 24.1 Å². The van der Waals surface area contributed by atoms with Gasteiger partial charge in [0, 0.05) is 30.9 Å². The molecular weight excluding hydrogens is 609 g/mol. The number of amides is 3. The fourth-order valence-electron chi connectivity index (χ4n) is 4.95. The number of halogens is 3. The summed E-state index contributed by atoms with van der Waals surface area (Å²) in [5.41, 5.74) is -0.0932. The molecule has 0 saturated carbocycles. The van der Waals surface area contributed by atoms with Crippen LogP contribution in [0.2, 0.25) is 0 Å². The lowest BCUT2D eigenvalue weighted by atomic mass is 10.1. The largest absolute Gasteiger partial charge is 0.473 e. The monoisotopic (exact) mass is 644 g/mol. The molecule has 4 rings (SSSR count). The number of nitrogens with one attached hydrogen (secondary N) is 1. The number of anilines is 1. The van der Waals surface area contributed by atoms with Gasteiger partial charge in [0.1, 0.15) is 17.1 Å². The second kappa shape index (κ2) is 13.2. The summed E-state index contributed by atoms with van der Waals surface area (Å²) in [4.78, 5) is 62.0. The van der Waals surface area contributed by atoms with E-state index in [1.54, 1.807) is 39.1 Å². The number of carbonyl (C=O) groups excluding carboxylic acids is 4. The second-order valence-corrected chi connectivity index (χ2v) is 11.6. The van der Waals surface area contributed by atoms with Gasteiger partial charge in [-0.15, -0.1) is 0 Å². The van der Waals surface area contributed by atoms with Crippen LogP contribution >= 0.6 is 0 Å². The summed E-state index contributed by atoms with van der Waals surface area (Å²) in [5.74, 6) is -3.63. The molecule has 0 bridgehead atoms. The molecule has 246 valence electrons. The summed E-state index contributed by atoms with van der Waals surface area (Å²) in [7, 11) is 0.854. The molecule has 46 heavy (non-hydrogen) atoms. The lowest BCUT2D eigenvalue weighted by Crippen LogP contribution is -2.48. The Bertz CT molecular complexity index is 1630. The maximum atomic E-state index is 13.7. The van der Waals surface area contributed by atoms with Crippen molar-refractivity contribution >= 4 is 29.7 Å². The van der Waals surface area contributed by atoms with E-state index in [-0.39, 0.29) is 47.2 Å². The molecule has 1 aliphatic heterocycles. The molecule has 0 spiro atoms. The minimum absolute atomic E-state index is 0.112. The van der Waals surface area contributed by atoms with E-state index < -0.39 is 47.4 Å². The van der Waals surface area contributed by atoms with Crippen LogP contribution in [0, 0.1) is 6.92 Å². The third-order valence-corrected chi connectivity index (χ3v) is 6.94. The number of aryl methyl sites for hydroxylation is 1. The molecule has 1 aromatic carbocycles. The highest BCUT2D eigenvalue weighted by Gasteiger charge is 2.46. The van der Waals surface area contributed by atoms with Crippen LogP contribution in [0.1, 0.15) is 78.8 Å². The van der Waals surface area contributed by atoms with Crippen LogP contribution in [0.4, 0.5) is 23.8 Å². The van der Waals surface area contributed by atoms with Gasteiger partial charge in [-0.2, -0.15) is 13.2 Å². The average Bonchev–Trinajstić information content (AvgIpc) is 3.61. The van der Waals surface area contributed by atoms with Crippen molar-refractivity contribution in [1.29, 1.82) is 0 Å². The average molecular weight is 645 g/mol. The van der Waals surface area contributed by atoms with Crippen LogP contribution in [-0.4, -0.2) is 75.4 Å². The Morgan fingerprint density at radius 2 is 1.76 bits per heavy atom. The first-order valence-electron chi connectivity index (χ1n) is 14.5. The first-order valence-corrected chi connectivity index (χ1v) is 14.5. The van der Waals surface area contributed by atoms with Gasteiger partial charge in [-0.3, -0.25) is 14.5 Å². The molecular formula is C31H35F3N6O6. The number of carbonyl (C=O) groups is 4. The number of aromatic nitrogens is 3. The Hall–Kier alpha value is -4.95. The highest BCUT2D eigenvalue weighted by molar-refractivity contribution is 6.04. The van der Waals surface area contributed by atoms with Crippen LogP contribution in [0.25, 0.3) is 11.3 Å². The molecule has 1 atom stereocenters. The summed E-state index contributed by atoms with van der Waals surface area (Å²) in [6.07, 6.45) is -3.76. The number of ether oxygens (including phenoxy) is 2. The third kappa shape index (κ3) is 7.46. The number of imidazole rings is 1. The molecule has 2 aromatic heterocycles. The van der Waals surface area contributed by atoms with E-state index in [1.807, 2.05) is 6.92 Å². The van der Waals surface area contributed by atoms with Crippen molar-refractivity contribution in [2.75, 3.05) is 30.5 Å². The molecule has 1 saturated heterocycles.